The Hall–Kier alpha value is -0.890. The third-order valence-corrected chi connectivity index (χ3v) is 5.92. The Kier molecular flexibility index (Phi) is 3.76. The van der Waals surface area contributed by atoms with E-state index in [-0.39, 0.29) is 16.8 Å². The number of hydrogen-bond donors (Lipinski definition) is 0. The van der Waals surface area contributed by atoms with Gasteiger partial charge in [0.15, 0.2) is 0 Å². The van der Waals surface area contributed by atoms with Crippen LogP contribution in [0.2, 0.25) is 0 Å². The Bertz CT molecular complexity index is 405. The first kappa shape index (κ1) is 13.5. The molecule has 0 N–H and O–H groups in total. The van der Waals surface area contributed by atoms with Crippen LogP contribution in [0.15, 0.2) is 0 Å². The van der Waals surface area contributed by atoms with Gasteiger partial charge in [-0.2, -0.15) is 5.26 Å². The minimum absolute atomic E-state index is 0.0287. The monoisotopic (exact) mass is 269 g/mol. The Morgan fingerprint density at radius 1 is 1.28 bits per heavy atom. The van der Waals surface area contributed by atoms with Gasteiger partial charge in [-0.15, -0.1) is 0 Å². The predicted molar refractivity (Wildman–Crippen MR) is 68.1 cm³/mol. The van der Waals surface area contributed by atoms with E-state index in [0.29, 0.717) is 24.3 Å². The molecule has 2 saturated carbocycles. The van der Waals surface area contributed by atoms with Crippen molar-refractivity contribution in [3.8, 4) is 6.07 Å². The second-order valence-electron chi connectivity index (χ2n) is 5.82. The Morgan fingerprint density at radius 2 is 1.83 bits per heavy atom. The fraction of sp³-hybridized carbons (Fsp3) is 0.846. The van der Waals surface area contributed by atoms with Crippen LogP contribution >= 0.6 is 0 Å². The maximum Gasteiger partial charge on any atom is 0.306 e. The number of rotatable bonds is 7. The van der Waals surface area contributed by atoms with E-state index in [1.54, 1.807) is 0 Å². The fourth-order valence-electron chi connectivity index (χ4n) is 2.38. The number of carbonyl (C=O) groups is 1. The van der Waals surface area contributed by atoms with Gasteiger partial charge in [0.25, 0.3) is 0 Å². The van der Waals surface area contributed by atoms with Gasteiger partial charge in [-0.05, 0) is 36.5 Å². The van der Waals surface area contributed by atoms with Crippen molar-refractivity contribution in [2.75, 3.05) is 18.6 Å². The smallest absolute Gasteiger partial charge is 0.306 e. The summed E-state index contributed by atoms with van der Waals surface area (Å²) in [7, 11) is 0.478. The van der Waals surface area contributed by atoms with Crippen molar-refractivity contribution in [1.82, 2.24) is 0 Å². The van der Waals surface area contributed by atoms with Gasteiger partial charge in [0.1, 0.15) is 0 Å². The summed E-state index contributed by atoms with van der Waals surface area (Å²) in [6.07, 6.45) is 4.90. The topological polar surface area (TPSA) is 67.2 Å². The van der Waals surface area contributed by atoms with Gasteiger partial charge in [-0.25, -0.2) is 0 Å². The number of methoxy groups -OCH3 is 1. The van der Waals surface area contributed by atoms with Gasteiger partial charge in [0.05, 0.1) is 19.6 Å². The number of nitrogens with zero attached hydrogens (tertiary/aromatic N) is 1. The third kappa shape index (κ3) is 3.32. The van der Waals surface area contributed by atoms with Crippen molar-refractivity contribution in [2.45, 2.75) is 38.5 Å². The highest BCUT2D eigenvalue weighted by molar-refractivity contribution is 7.85. The largest absolute Gasteiger partial charge is 0.469 e. The molecule has 0 aliphatic heterocycles. The van der Waals surface area contributed by atoms with Crippen LogP contribution in [0.3, 0.4) is 0 Å². The summed E-state index contributed by atoms with van der Waals surface area (Å²) in [6.45, 7) is 0. The first-order valence-corrected chi connectivity index (χ1v) is 7.81. The molecule has 4 nitrogen and oxygen atoms in total. The zero-order valence-corrected chi connectivity index (χ0v) is 11.6. The number of hydrogen-bond acceptors (Lipinski definition) is 4. The molecule has 2 aliphatic carbocycles. The number of ether oxygens (including phenoxy) is 1. The molecule has 0 saturated heterocycles. The van der Waals surface area contributed by atoms with E-state index in [9.17, 15) is 9.00 Å². The summed E-state index contributed by atoms with van der Waals surface area (Å²) < 4.78 is 16.8. The molecule has 2 aliphatic rings. The van der Waals surface area contributed by atoms with E-state index in [4.69, 9.17) is 5.26 Å². The molecule has 2 fully saturated rings. The second-order valence-corrected chi connectivity index (χ2v) is 7.27. The molecule has 18 heavy (non-hydrogen) atoms. The van der Waals surface area contributed by atoms with Crippen LogP contribution in [0.5, 0.6) is 0 Å². The number of esters is 1. The van der Waals surface area contributed by atoms with Crippen LogP contribution in [0.4, 0.5) is 0 Å². The van der Waals surface area contributed by atoms with Gasteiger partial charge >= 0.3 is 5.97 Å². The lowest BCUT2D eigenvalue weighted by atomic mass is 10.1. The molecular weight excluding hydrogens is 250 g/mol. The molecule has 0 bridgehead atoms. The van der Waals surface area contributed by atoms with Crippen LogP contribution in [-0.4, -0.2) is 28.8 Å². The second kappa shape index (κ2) is 5.00. The highest BCUT2D eigenvalue weighted by Gasteiger charge is 2.49. The summed E-state index contributed by atoms with van der Waals surface area (Å²) in [5, 5.41) is 8.74. The van der Waals surface area contributed by atoms with Crippen LogP contribution in [0, 0.1) is 22.2 Å². The first-order valence-electron chi connectivity index (χ1n) is 6.32. The van der Waals surface area contributed by atoms with Crippen LogP contribution in [0.25, 0.3) is 0 Å². The summed E-state index contributed by atoms with van der Waals surface area (Å²) >= 11 is 0. The van der Waals surface area contributed by atoms with Crippen molar-refractivity contribution in [3.63, 3.8) is 0 Å². The Labute approximate surface area is 110 Å². The molecule has 0 spiro atoms. The van der Waals surface area contributed by atoms with E-state index in [2.05, 4.69) is 10.8 Å². The lowest BCUT2D eigenvalue weighted by Gasteiger charge is -2.16. The highest BCUT2D eigenvalue weighted by Crippen LogP contribution is 2.52. The molecule has 0 aromatic rings. The van der Waals surface area contributed by atoms with E-state index in [0.717, 1.165) is 25.7 Å². The van der Waals surface area contributed by atoms with Crippen molar-refractivity contribution in [1.29, 1.82) is 5.26 Å². The summed E-state index contributed by atoms with van der Waals surface area (Å²) in [5.74, 6) is 1.02. The molecule has 0 heterocycles. The van der Waals surface area contributed by atoms with Gasteiger partial charge < -0.3 is 4.74 Å². The molecule has 0 aromatic heterocycles. The molecule has 0 radical (unpaired) electrons. The average Bonchev–Trinajstić information content (AvgIpc) is 3.20. The Balaban J connectivity index is 1.81. The highest BCUT2D eigenvalue weighted by atomic mass is 32.2. The van der Waals surface area contributed by atoms with Gasteiger partial charge in [0.2, 0.25) is 0 Å². The summed E-state index contributed by atoms with van der Waals surface area (Å²) in [4.78, 5) is 11.3. The fourth-order valence-corrected chi connectivity index (χ4v) is 4.63. The molecule has 1 unspecified atom stereocenters. The van der Waals surface area contributed by atoms with Crippen molar-refractivity contribution in [3.05, 3.63) is 0 Å². The van der Waals surface area contributed by atoms with Gasteiger partial charge in [0, 0.05) is 28.7 Å². The molecule has 100 valence electrons. The van der Waals surface area contributed by atoms with Crippen molar-refractivity contribution >= 4 is 16.8 Å². The van der Waals surface area contributed by atoms with E-state index < -0.39 is 10.8 Å². The number of carbonyl (C=O) groups excluding carboxylic acids is 1. The third-order valence-electron chi connectivity index (χ3n) is 4.05. The lowest BCUT2D eigenvalue weighted by molar-refractivity contribution is -0.141. The average molecular weight is 269 g/mol. The normalized spacial score (nSPS) is 23.8. The molecule has 2 rings (SSSR count). The maximum absolute atomic E-state index is 12.1. The van der Waals surface area contributed by atoms with Crippen LogP contribution in [0.1, 0.15) is 38.5 Å². The lowest BCUT2D eigenvalue weighted by Crippen LogP contribution is -2.22. The quantitative estimate of drug-likeness (QED) is 0.661. The van der Waals surface area contributed by atoms with Gasteiger partial charge in [-0.3, -0.25) is 9.00 Å². The summed E-state index contributed by atoms with van der Waals surface area (Å²) in [6, 6.07) is 2.19. The SMILES string of the molecule is COC(=O)CC1(CS(=O)CC2(CC#N)CC2)CC1. The van der Waals surface area contributed by atoms with Crippen LogP contribution < -0.4 is 0 Å². The Morgan fingerprint density at radius 3 is 2.28 bits per heavy atom. The van der Waals surface area contributed by atoms with Crippen molar-refractivity contribution in [2.24, 2.45) is 10.8 Å². The van der Waals surface area contributed by atoms with E-state index >= 15 is 0 Å². The predicted octanol–water partition coefficient (Wildman–Crippen LogP) is 1.77. The maximum atomic E-state index is 12.1. The summed E-state index contributed by atoms with van der Waals surface area (Å²) in [5.41, 5.74) is -0.0400. The molecule has 0 aromatic carbocycles. The van der Waals surface area contributed by atoms with E-state index in [1.165, 1.54) is 7.11 Å². The zero-order valence-electron chi connectivity index (χ0n) is 10.7. The molecule has 0 amide bonds. The zero-order chi connectivity index (χ0) is 13.2. The molecule has 1 atom stereocenters. The standard InChI is InChI=1S/C13H19NO3S/c1-17-11(15)8-13(4-5-13)10-18(16)9-12(2-3-12)6-7-14/h2-6,8-10H2,1H3. The van der Waals surface area contributed by atoms with Crippen molar-refractivity contribution < 1.29 is 13.7 Å². The minimum Gasteiger partial charge on any atom is -0.469 e. The van der Waals surface area contributed by atoms with Crippen LogP contribution in [-0.2, 0) is 20.3 Å². The van der Waals surface area contributed by atoms with Gasteiger partial charge in [-0.1, -0.05) is 0 Å². The van der Waals surface area contributed by atoms with E-state index in [1.807, 2.05) is 0 Å². The molecule has 5 heteroatoms. The molecular formula is C13H19NO3S. The number of nitriles is 1. The minimum atomic E-state index is -0.913. The first-order chi connectivity index (χ1) is 8.53.